The maximum absolute atomic E-state index is 14.1. The van der Waals surface area contributed by atoms with E-state index in [0.29, 0.717) is 0 Å². The molecule has 0 spiro atoms. The summed E-state index contributed by atoms with van der Waals surface area (Å²) < 4.78 is 42.3. The summed E-state index contributed by atoms with van der Waals surface area (Å²) in [4.78, 5) is 6.53. The maximum atomic E-state index is 14.1. The Balaban J connectivity index is 1.59. The second kappa shape index (κ2) is 8.63. The third-order valence-corrected chi connectivity index (χ3v) is 7.64. The standard InChI is InChI=1S/C22H29FN4O2S/c1-25-11-13-27(14-12-25)21(17-7-8-20-18(15-17)9-10-26(20)2)16-24-30(28,29)22-6-4-3-5-19(22)23/h3-8,15,21,24H,9-14,16H2,1-2H3. The minimum absolute atomic E-state index is 0.101. The van der Waals surface area contributed by atoms with Crippen LogP contribution in [0, 0.1) is 5.82 Å². The van der Waals surface area contributed by atoms with Crippen molar-refractivity contribution in [1.82, 2.24) is 14.5 Å². The van der Waals surface area contributed by atoms with Crippen LogP contribution in [0.2, 0.25) is 0 Å². The van der Waals surface area contributed by atoms with E-state index < -0.39 is 15.8 Å². The van der Waals surface area contributed by atoms with E-state index >= 15 is 0 Å². The van der Waals surface area contributed by atoms with Crippen molar-refractivity contribution in [2.24, 2.45) is 0 Å². The fourth-order valence-corrected chi connectivity index (χ4v) is 5.43. The summed E-state index contributed by atoms with van der Waals surface area (Å²) >= 11 is 0. The minimum Gasteiger partial charge on any atom is -0.374 e. The highest BCUT2D eigenvalue weighted by Gasteiger charge is 2.28. The van der Waals surface area contributed by atoms with Crippen molar-refractivity contribution in [3.8, 4) is 0 Å². The largest absolute Gasteiger partial charge is 0.374 e. The quantitative estimate of drug-likeness (QED) is 0.758. The lowest BCUT2D eigenvalue weighted by Gasteiger charge is -2.38. The van der Waals surface area contributed by atoms with Crippen LogP contribution in [0.4, 0.5) is 10.1 Å². The summed E-state index contributed by atoms with van der Waals surface area (Å²) in [5, 5.41) is 0. The van der Waals surface area contributed by atoms with Crippen molar-refractivity contribution in [3.63, 3.8) is 0 Å². The average Bonchev–Trinajstić information content (AvgIpc) is 3.10. The van der Waals surface area contributed by atoms with Crippen molar-refractivity contribution in [1.29, 1.82) is 0 Å². The molecule has 0 amide bonds. The molecule has 1 saturated heterocycles. The molecule has 2 aliphatic heterocycles. The lowest BCUT2D eigenvalue weighted by molar-refractivity contribution is 0.113. The van der Waals surface area contributed by atoms with Gasteiger partial charge in [-0.2, -0.15) is 0 Å². The van der Waals surface area contributed by atoms with Gasteiger partial charge in [0.05, 0.1) is 0 Å². The maximum Gasteiger partial charge on any atom is 0.243 e. The van der Waals surface area contributed by atoms with Crippen molar-refractivity contribution in [3.05, 3.63) is 59.4 Å². The molecule has 1 atom stereocenters. The van der Waals surface area contributed by atoms with E-state index in [4.69, 9.17) is 0 Å². The van der Waals surface area contributed by atoms with E-state index in [1.165, 1.54) is 35.5 Å². The van der Waals surface area contributed by atoms with Gasteiger partial charge in [0.2, 0.25) is 10.0 Å². The summed E-state index contributed by atoms with van der Waals surface area (Å²) in [5.41, 5.74) is 3.64. The second-order valence-electron chi connectivity index (χ2n) is 8.20. The van der Waals surface area contributed by atoms with Gasteiger partial charge >= 0.3 is 0 Å². The van der Waals surface area contributed by atoms with Gasteiger partial charge in [-0.05, 0) is 42.8 Å². The Morgan fingerprint density at radius 2 is 1.77 bits per heavy atom. The first-order valence-corrected chi connectivity index (χ1v) is 11.8. The highest BCUT2D eigenvalue weighted by molar-refractivity contribution is 7.89. The Morgan fingerprint density at radius 1 is 1.03 bits per heavy atom. The van der Waals surface area contributed by atoms with Crippen LogP contribution in [0.5, 0.6) is 0 Å². The van der Waals surface area contributed by atoms with E-state index in [1.54, 1.807) is 0 Å². The summed E-state index contributed by atoms with van der Waals surface area (Å²) in [6.07, 6.45) is 0.996. The van der Waals surface area contributed by atoms with Gasteiger partial charge in [-0.25, -0.2) is 17.5 Å². The first-order valence-electron chi connectivity index (χ1n) is 10.4. The molecule has 2 aliphatic rings. The Bertz CT molecular complexity index is 1010. The molecule has 0 bridgehead atoms. The molecule has 1 N–H and O–H groups in total. The van der Waals surface area contributed by atoms with E-state index in [0.717, 1.165) is 44.7 Å². The van der Waals surface area contributed by atoms with E-state index in [2.05, 4.69) is 51.7 Å². The zero-order chi connectivity index (χ0) is 21.3. The molecule has 6 nitrogen and oxygen atoms in total. The predicted octanol–water partition coefficient (Wildman–Crippen LogP) is 2.08. The molecule has 0 radical (unpaired) electrons. The number of nitrogens with one attached hydrogen (secondary N) is 1. The first-order chi connectivity index (χ1) is 14.3. The summed E-state index contributed by atoms with van der Waals surface area (Å²) in [7, 11) is 0.251. The van der Waals surface area contributed by atoms with Crippen LogP contribution in [-0.4, -0.2) is 71.6 Å². The number of sulfonamides is 1. The van der Waals surface area contributed by atoms with Gasteiger partial charge in [-0.3, -0.25) is 4.90 Å². The van der Waals surface area contributed by atoms with Gasteiger partial charge in [-0.1, -0.05) is 24.3 Å². The van der Waals surface area contributed by atoms with Crippen molar-refractivity contribution < 1.29 is 12.8 Å². The average molecular weight is 433 g/mol. The lowest BCUT2D eigenvalue weighted by Crippen LogP contribution is -2.48. The summed E-state index contributed by atoms with van der Waals surface area (Å²) in [6.45, 7) is 4.79. The smallest absolute Gasteiger partial charge is 0.243 e. The van der Waals surface area contributed by atoms with Crippen molar-refractivity contribution in [2.45, 2.75) is 17.4 Å². The number of piperazine rings is 1. The number of halogens is 1. The summed E-state index contributed by atoms with van der Waals surface area (Å²) in [5.74, 6) is -0.735. The highest BCUT2D eigenvalue weighted by atomic mass is 32.2. The number of anilines is 1. The third-order valence-electron chi connectivity index (χ3n) is 6.19. The Labute approximate surface area is 178 Å². The van der Waals surface area contributed by atoms with Crippen LogP contribution >= 0.6 is 0 Å². The van der Waals surface area contributed by atoms with Gasteiger partial charge in [0.25, 0.3) is 0 Å². The number of hydrogen-bond acceptors (Lipinski definition) is 5. The fraction of sp³-hybridized carbons (Fsp3) is 0.455. The second-order valence-corrected chi connectivity index (χ2v) is 9.93. The molecule has 0 saturated carbocycles. The first kappa shape index (κ1) is 21.2. The Morgan fingerprint density at radius 3 is 2.50 bits per heavy atom. The number of nitrogens with zero attached hydrogens (tertiary/aromatic N) is 3. The molecule has 8 heteroatoms. The zero-order valence-corrected chi connectivity index (χ0v) is 18.3. The Kier molecular flexibility index (Phi) is 6.11. The van der Waals surface area contributed by atoms with Gasteiger partial charge in [0.15, 0.2) is 0 Å². The number of hydrogen-bond donors (Lipinski definition) is 1. The molecule has 4 rings (SSSR count). The van der Waals surface area contributed by atoms with E-state index in [-0.39, 0.29) is 17.5 Å². The molecule has 1 fully saturated rings. The Hall–Kier alpha value is -2.00. The number of benzene rings is 2. The minimum atomic E-state index is -3.93. The van der Waals surface area contributed by atoms with E-state index in [9.17, 15) is 12.8 Å². The number of fused-ring (bicyclic) bond motifs is 1. The molecule has 0 aromatic heterocycles. The van der Waals surface area contributed by atoms with Crippen molar-refractivity contribution >= 4 is 15.7 Å². The zero-order valence-electron chi connectivity index (χ0n) is 17.5. The monoisotopic (exact) mass is 432 g/mol. The molecule has 2 aromatic rings. The van der Waals surface area contributed by atoms with Crippen LogP contribution in [0.25, 0.3) is 0 Å². The molecular formula is C22H29FN4O2S. The van der Waals surface area contributed by atoms with Gasteiger partial charge < -0.3 is 9.80 Å². The van der Waals surface area contributed by atoms with Crippen molar-refractivity contribution in [2.75, 3.05) is 58.3 Å². The normalized spacial score (nSPS) is 19.1. The molecule has 30 heavy (non-hydrogen) atoms. The van der Waals surface area contributed by atoms with Crippen LogP contribution in [0.3, 0.4) is 0 Å². The number of likely N-dealkylation sites (N-methyl/N-ethyl adjacent to an activating group) is 2. The van der Waals surface area contributed by atoms with Crippen LogP contribution in [-0.2, 0) is 16.4 Å². The van der Waals surface area contributed by atoms with Gasteiger partial charge in [0, 0.05) is 58.0 Å². The molecule has 2 aromatic carbocycles. The third kappa shape index (κ3) is 4.37. The highest BCUT2D eigenvalue weighted by Crippen LogP contribution is 2.31. The molecule has 0 aliphatic carbocycles. The SMILES string of the molecule is CN1CCN(C(CNS(=O)(=O)c2ccccc2F)c2ccc3c(c2)CCN3C)CC1. The lowest BCUT2D eigenvalue weighted by atomic mass is 10.0. The predicted molar refractivity (Wildman–Crippen MR) is 117 cm³/mol. The molecule has 162 valence electrons. The molecular weight excluding hydrogens is 403 g/mol. The molecule has 2 heterocycles. The van der Waals surface area contributed by atoms with E-state index in [1.807, 2.05) is 0 Å². The fourth-order valence-electron chi connectivity index (χ4n) is 4.31. The van der Waals surface area contributed by atoms with Crippen LogP contribution in [0.15, 0.2) is 47.4 Å². The van der Waals surface area contributed by atoms with Gasteiger partial charge in [-0.15, -0.1) is 0 Å². The topological polar surface area (TPSA) is 55.9 Å². The van der Waals surface area contributed by atoms with Crippen LogP contribution < -0.4 is 9.62 Å². The summed E-state index contributed by atoms with van der Waals surface area (Å²) in [6, 6.07) is 11.8. The number of rotatable bonds is 6. The molecule has 1 unspecified atom stereocenters. The van der Waals surface area contributed by atoms with Gasteiger partial charge in [0.1, 0.15) is 10.7 Å². The van der Waals surface area contributed by atoms with Crippen LogP contribution in [0.1, 0.15) is 17.2 Å².